The van der Waals surface area contributed by atoms with Gasteiger partial charge in [-0.05, 0) is 68.4 Å². The maximum absolute atomic E-state index is 13.0. The Labute approximate surface area is 197 Å². The highest BCUT2D eigenvalue weighted by molar-refractivity contribution is 7.13. The number of aromatic nitrogens is 2. The van der Waals surface area contributed by atoms with Crippen LogP contribution in [0.3, 0.4) is 0 Å². The summed E-state index contributed by atoms with van der Waals surface area (Å²) in [6.07, 6.45) is 4.78. The minimum Gasteiger partial charge on any atom is -0.351 e. The van der Waals surface area contributed by atoms with Gasteiger partial charge in [-0.3, -0.25) is 4.79 Å². The van der Waals surface area contributed by atoms with E-state index in [0.717, 1.165) is 30.1 Å². The van der Waals surface area contributed by atoms with Crippen LogP contribution in [0.5, 0.6) is 0 Å². The number of likely N-dealkylation sites (tertiary alicyclic amines) is 1. The second kappa shape index (κ2) is 10.2. The Morgan fingerprint density at radius 3 is 2.84 bits per heavy atom. The highest BCUT2D eigenvalue weighted by Crippen LogP contribution is 2.28. The molecule has 1 unspecified atom stereocenters. The molecule has 1 saturated heterocycles. The standard InChI is InChI=1S/C23H26Cl2N4OS/c1-16-6-2-3-11-28(16)12-5-10-26-23(30)21-15-20(22-7-4-13-31-22)27-29(21)17-8-9-18(24)19(25)14-17/h4,7-9,13-16H,2-3,5-6,10-12H2,1H3,(H,26,30). The van der Waals surface area contributed by atoms with Crippen LogP contribution in [0.4, 0.5) is 0 Å². The molecule has 3 heterocycles. The van der Waals surface area contributed by atoms with Gasteiger partial charge in [0.25, 0.3) is 5.91 Å². The second-order valence-electron chi connectivity index (χ2n) is 7.89. The lowest BCUT2D eigenvalue weighted by atomic mass is 10.0. The van der Waals surface area contributed by atoms with Gasteiger partial charge in [0.15, 0.2) is 0 Å². The van der Waals surface area contributed by atoms with E-state index in [9.17, 15) is 4.79 Å². The van der Waals surface area contributed by atoms with Crippen LogP contribution in [0.2, 0.25) is 10.0 Å². The van der Waals surface area contributed by atoms with Crippen molar-refractivity contribution in [2.24, 2.45) is 0 Å². The smallest absolute Gasteiger partial charge is 0.270 e. The number of hydrogen-bond donors (Lipinski definition) is 1. The highest BCUT2D eigenvalue weighted by Gasteiger charge is 2.20. The van der Waals surface area contributed by atoms with Gasteiger partial charge in [0.1, 0.15) is 11.4 Å². The van der Waals surface area contributed by atoms with Crippen molar-refractivity contribution in [1.29, 1.82) is 0 Å². The average Bonchev–Trinajstić information content (AvgIpc) is 3.44. The summed E-state index contributed by atoms with van der Waals surface area (Å²) < 4.78 is 1.64. The number of carbonyl (C=O) groups excluding carboxylic acids is 1. The van der Waals surface area contributed by atoms with E-state index in [4.69, 9.17) is 23.2 Å². The number of nitrogens with one attached hydrogen (secondary N) is 1. The number of carbonyl (C=O) groups is 1. The van der Waals surface area contributed by atoms with Gasteiger partial charge in [0.05, 0.1) is 20.6 Å². The zero-order valence-electron chi connectivity index (χ0n) is 17.5. The molecule has 0 bridgehead atoms. The van der Waals surface area contributed by atoms with Crippen molar-refractivity contribution in [2.45, 2.75) is 38.6 Å². The molecule has 1 aliphatic heterocycles. The van der Waals surface area contributed by atoms with Crippen molar-refractivity contribution in [1.82, 2.24) is 20.0 Å². The van der Waals surface area contributed by atoms with Gasteiger partial charge in [0, 0.05) is 19.1 Å². The molecule has 1 aromatic carbocycles. The van der Waals surface area contributed by atoms with Crippen LogP contribution in [0.25, 0.3) is 16.3 Å². The third-order valence-electron chi connectivity index (χ3n) is 5.71. The largest absolute Gasteiger partial charge is 0.351 e. The lowest BCUT2D eigenvalue weighted by Crippen LogP contribution is -2.39. The molecule has 4 rings (SSSR count). The summed E-state index contributed by atoms with van der Waals surface area (Å²) in [6, 6.07) is 11.7. The highest BCUT2D eigenvalue weighted by atomic mass is 35.5. The van der Waals surface area contributed by atoms with Gasteiger partial charge in [-0.25, -0.2) is 4.68 Å². The first kappa shape index (κ1) is 22.3. The summed E-state index contributed by atoms with van der Waals surface area (Å²) in [5.41, 5.74) is 1.94. The number of nitrogens with zero attached hydrogens (tertiary/aromatic N) is 3. The molecule has 1 atom stereocenters. The first-order valence-electron chi connectivity index (χ1n) is 10.6. The Bertz CT molecular complexity index is 1030. The third kappa shape index (κ3) is 5.32. The van der Waals surface area contributed by atoms with E-state index in [-0.39, 0.29) is 5.91 Å². The molecular formula is C23H26Cl2N4OS. The molecule has 1 aliphatic rings. The van der Waals surface area contributed by atoms with Crippen molar-refractivity contribution < 1.29 is 4.79 Å². The molecule has 1 amide bonds. The van der Waals surface area contributed by atoms with Crippen molar-refractivity contribution in [2.75, 3.05) is 19.6 Å². The average molecular weight is 477 g/mol. The Morgan fingerprint density at radius 1 is 1.23 bits per heavy atom. The molecule has 2 aromatic heterocycles. The number of hydrogen-bond acceptors (Lipinski definition) is 4. The lowest BCUT2D eigenvalue weighted by molar-refractivity contribution is 0.0941. The van der Waals surface area contributed by atoms with Gasteiger partial charge < -0.3 is 10.2 Å². The monoisotopic (exact) mass is 476 g/mol. The molecule has 0 saturated carbocycles. The van der Waals surface area contributed by atoms with Crippen LogP contribution in [-0.4, -0.2) is 46.3 Å². The zero-order chi connectivity index (χ0) is 21.8. The summed E-state index contributed by atoms with van der Waals surface area (Å²) >= 11 is 13.9. The summed E-state index contributed by atoms with van der Waals surface area (Å²) in [6.45, 7) is 5.08. The lowest BCUT2D eigenvalue weighted by Gasteiger charge is -2.33. The van der Waals surface area contributed by atoms with Gasteiger partial charge in [-0.15, -0.1) is 11.3 Å². The van der Waals surface area contributed by atoms with Gasteiger partial charge in [-0.2, -0.15) is 5.10 Å². The van der Waals surface area contributed by atoms with Gasteiger partial charge >= 0.3 is 0 Å². The number of thiophene rings is 1. The summed E-state index contributed by atoms with van der Waals surface area (Å²) in [5, 5.41) is 10.6. The SMILES string of the molecule is CC1CCCCN1CCCNC(=O)c1cc(-c2cccs2)nn1-c1ccc(Cl)c(Cl)c1. The van der Waals surface area contributed by atoms with Crippen molar-refractivity contribution in [3.05, 3.63) is 57.5 Å². The first-order chi connectivity index (χ1) is 15.0. The Morgan fingerprint density at radius 2 is 2.10 bits per heavy atom. The fraction of sp³-hybridized carbons (Fsp3) is 0.391. The first-order valence-corrected chi connectivity index (χ1v) is 12.3. The molecule has 1 fully saturated rings. The van der Waals surface area contributed by atoms with Gasteiger partial charge in [0.2, 0.25) is 0 Å². The van der Waals surface area contributed by atoms with E-state index in [1.54, 1.807) is 28.2 Å². The Balaban J connectivity index is 1.49. The van der Waals surface area contributed by atoms with Crippen LogP contribution in [0.15, 0.2) is 41.8 Å². The van der Waals surface area contributed by atoms with Crippen LogP contribution in [-0.2, 0) is 0 Å². The summed E-state index contributed by atoms with van der Waals surface area (Å²) in [4.78, 5) is 16.6. The van der Waals surface area contributed by atoms with Crippen molar-refractivity contribution in [3.63, 3.8) is 0 Å². The van der Waals surface area contributed by atoms with Crippen LogP contribution < -0.4 is 5.32 Å². The van der Waals surface area contributed by atoms with Crippen molar-refractivity contribution >= 4 is 40.4 Å². The van der Waals surface area contributed by atoms with E-state index in [0.29, 0.717) is 34.0 Å². The molecular weight excluding hydrogens is 451 g/mol. The molecule has 1 N–H and O–H groups in total. The number of rotatable bonds is 7. The van der Waals surface area contributed by atoms with E-state index in [1.807, 2.05) is 29.6 Å². The number of halogens is 2. The fourth-order valence-electron chi connectivity index (χ4n) is 3.97. The molecule has 0 radical (unpaired) electrons. The molecule has 0 spiro atoms. The number of amides is 1. The minimum atomic E-state index is -0.145. The zero-order valence-corrected chi connectivity index (χ0v) is 19.8. The normalized spacial score (nSPS) is 17.1. The minimum absolute atomic E-state index is 0.145. The number of piperidine rings is 1. The molecule has 164 valence electrons. The quantitative estimate of drug-likeness (QED) is 0.431. The fourth-order valence-corrected chi connectivity index (χ4v) is 4.94. The van der Waals surface area contributed by atoms with E-state index in [2.05, 4.69) is 22.2 Å². The maximum Gasteiger partial charge on any atom is 0.270 e. The predicted molar refractivity (Wildman–Crippen MR) is 129 cm³/mol. The molecule has 3 aromatic rings. The summed E-state index contributed by atoms with van der Waals surface area (Å²) in [7, 11) is 0. The summed E-state index contributed by atoms with van der Waals surface area (Å²) in [5.74, 6) is -0.145. The van der Waals surface area contributed by atoms with Crippen LogP contribution in [0.1, 0.15) is 43.1 Å². The maximum atomic E-state index is 13.0. The second-order valence-corrected chi connectivity index (χ2v) is 9.65. The number of benzene rings is 1. The molecule has 8 heteroatoms. The van der Waals surface area contributed by atoms with Crippen LogP contribution >= 0.6 is 34.5 Å². The predicted octanol–water partition coefficient (Wildman–Crippen LogP) is 5.90. The van der Waals surface area contributed by atoms with Crippen LogP contribution in [0, 0.1) is 0 Å². The van der Waals surface area contributed by atoms with E-state index >= 15 is 0 Å². The van der Waals surface area contributed by atoms with E-state index in [1.165, 1.54) is 19.3 Å². The molecule has 5 nitrogen and oxygen atoms in total. The third-order valence-corrected chi connectivity index (χ3v) is 7.34. The Hall–Kier alpha value is -1.86. The van der Waals surface area contributed by atoms with Gasteiger partial charge in [-0.1, -0.05) is 35.7 Å². The Kier molecular flexibility index (Phi) is 7.33. The van der Waals surface area contributed by atoms with E-state index < -0.39 is 0 Å². The van der Waals surface area contributed by atoms with Crippen molar-refractivity contribution in [3.8, 4) is 16.3 Å². The molecule has 31 heavy (non-hydrogen) atoms. The topological polar surface area (TPSA) is 50.2 Å². The molecule has 0 aliphatic carbocycles.